The molecule has 0 unspecified atom stereocenters. The van der Waals surface area contributed by atoms with Crippen molar-refractivity contribution < 1.29 is 4.39 Å². The van der Waals surface area contributed by atoms with Gasteiger partial charge >= 0.3 is 0 Å². The van der Waals surface area contributed by atoms with Crippen molar-refractivity contribution >= 4 is 17.3 Å². The Balaban J connectivity index is 2.64. The van der Waals surface area contributed by atoms with Gasteiger partial charge in [-0.3, -0.25) is 0 Å². The minimum absolute atomic E-state index is 0.249. The third-order valence-electron chi connectivity index (χ3n) is 2.35. The highest BCUT2D eigenvalue weighted by Crippen LogP contribution is 2.29. The summed E-state index contributed by atoms with van der Waals surface area (Å²) in [6, 6.07) is 10.9. The smallest absolute Gasteiger partial charge is 0.125 e. The zero-order chi connectivity index (χ0) is 12.4. The van der Waals surface area contributed by atoms with E-state index < -0.39 is 5.82 Å². The highest BCUT2D eigenvalue weighted by molar-refractivity contribution is 6.31. The van der Waals surface area contributed by atoms with Crippen LogP contribution in [-0.2, 0) is 0 Å². The fourth-order valence-electron chi connectivity index (χ4n) is 1.59. The van der Waals surface area contributed by atoms with Crippen molar-refractivity contribution in [1.29, 1.82) is 5.26 Å². The van der Waals surface area contributed by atoms with E-state index in [1.54, 1.807) is 24.3 Å². The number of halogens is 2. The second kappa shape index (κ2) is 4.44. The van der Waals surface area contributed by atoms with E-state index in [0.717, 1.165) is 0 Å². The third-order valence-corrected chi connectivity index (χ3v) is 2.59. The summed E-state index contributed by atoms with van der Waals surface area (Å²) in [5.41, 5.74) is 7.70. The third kappa shape index (κ3) is 2.38. The topological polar surface area (TPSA) is 49.8 Å². The Morgan fingerprint density at radius 3 is 2.65 bits per heavy atom. The minimum Gasteiger partial charge on any atom is -0.398 e. The number of anilines is 1. The van der Waals surface area contributed by atoms with E-state index >= 15 is 0 Å². The fourth-order valence-corrected chi connectivity index (χ4v) is 1.76. The summed E-state index contributed by atoms with van der Waals surface area (Å²) in [5, 5.41) is 9.29. The van der Waals surface area contributed by atoms with Crippen molar-refractivity contribution in [2.75, 3.05) is 5.73 Å². The van der Waals surface area contributed by atoms with Crippen molar-refractivity contribution in [3.05, 3.63) is 52.8 Å². The van der Waals surface area contributed by atoms with Crippen molar-refractivity contribution in [3.8, 4) is 17.2 Å². The average molecular weight is 247 g/mol. The first-order valence-corrected chi connectivity index (χ1v) is 5.24. The first kappa shape index (κ1) is 11.4. The molecule has 0 atom stereocenters. The number of rotatable bonds is 1. The predicted octanol–water partition coefficient (Wildman–Crippen LogP) is 3.60. The molecular formula is C13H8ClFN2. The van der Waals surface area contributed by atoms with E-state index in [1.165, 1.54) is 12.1 Å². The Labute approximate surface area is 103 Å². The number of nitriles is 1. The Morgan fingerprint density at radius 2 is 1.94 bits per heavy atom. The second-order valence-corrected chi connectivity index (χ2v) is 4.01. The van der Waals surface area contributed by atoms with E-state index in [2.05, 4.69) is 0 Å². The van der Waals surface area contributed by atoms with Crippen LogP contribution in [0, 0.1) is 17.1 Å². The van der Waals surface area contributed by atoms with Crippen LogP contribution < -0.4 is 5.73 Å². The quantitative estimate of drug-likeness (QED) is 0.782. The van der Waals surface area contributed by atoms with E-state index in [9.17, 15) is 4.39 Å². The molecule has 2 rings (SSSR count). The second-order valence-electron chi connectivity index (χ2n) is 3.57. The highest BCUT2D eigenvalue weighted by atomic mass is 35.5. The molecule has 0 saturated heterocycles. The maximum atomic E-state index is 13.3. The standard InChI is InChI=1S/C13H8ClFN2/c14-10-1-2-13(17)12(6-10)9-3-8(7-16)4-11(15)5-9/h1-6H,17H2. The Morgan fingerprint density at radius 1 is 1.18 bits per heavy atom. The number of hydrogen-bond donors (Lipinski definition) is 1. The van der Waals surface area contributed by atoms with Crippen LogP contribution in [0.1, 0.15) is 5.56 Å². The van der Waals surface area contributed by atoms with Gasteiger partial charge < -0.3 is 5.73 Å². The molecular weight excluding hydrogens is 239 g/mol. The van der Waals surface area contributed by atoms with Gasteiger partial charge in [-0.15, -0.1) is 0 Å². The van der Waals surface area contributed by atoms with Crippen molar-refractivity contribution in [2.24, 2.45) is 0 Å². The van der Waals surface area contributed by atoms with Crippen molar-refractivity contribution in [3.63, 3.8) is 0 Å². The molecule has 0 aliphatic carbocycles. The minimum atomic E-state index is -0.474. The lowest BCUT2D eigenvalue weighted by Gasteiger charge is -2.07. The molecule has 2 aromatic rings. The van der Waals surface area contributed by atoms with E-state index in [1.807, 2.05) is 6.07 Å². The summed E-state index contributed by atoms with van der Waals surface area (Å²) in [5.74, 6) is -0.474. The lowest BCUT2D eigenvalue weighted by molar-refractivity contribution is 0.628. The molecule has 0 heterocycles. The van der Waals surface area contributed by atoms with Crippen LogP contribution in [0.25, 0.3) is 11.1 Å². The number of nitrogens with zero attached hydrogens (tertiary/aromatic N) is 1. The molecule has 2 N–H and O–H groups in total. The largest absolute Gasteiger partial charge is 0.398 e. The first-order valence-electron chi connectivity index (χ1n) is 4.86. The van der Waals surface area contributed by atoms with Crippen LogP contribution >= 0.6 is 11.6 Å². The lowest BCUT2D eigenvalue weighted by atomic mass is 10.0. The van der Waals surface area contributed by atoms with Crippen LogP contribution in [0.4, 0.5) is 10.1 Å². The molecule has 84 valence electrons. The molecule has 2 nitrogen and oxygen atoms in total. The number of benzene rings is 2. The zero-order valence-electron chi connectivity index (χ0n) is 8.74. The SMILES string of the molecule is N#Cc1cc(F)cc(-c2cc(Cl)ccc2N)c1. The fraction of sp³-hybridized carbons (Fsp3) is 0. The van der Waals surface area contributed by atoms with Gasteiger partial charge in [0.1, 0.15) is 5.82 Å². The van der Waals surface area contributed by atoms with Crippen molar-refractivity contribution in [1.82, 2.24) is 0 Å². The first-order chi connectivity index (χ1) is 8.10. The molecule has 0 aliphatic rings. The molecule has 0 saturated carbocycles. The summed E-state index contributed by atoms with van der Waals surface area (Å²) in [6.07, 6.45) is 0. The molecule has 17 heavy (non-hydrogen) atoms. The average Bonchev–Trinajstić information content (AvgIpc) is 2.31. The van der Waals surface area contributed by atoms with Gasteiger partial charge in [0.15, 0.2) is 0 Å². The van der Waals surface area contributed by atoms with Crippen LogP contribution in [0.2, 0.25) is 5.02 Å². The molecule has 0 spiro atoms. The van der Waals surface area contributed by atoms with Gasteiger partial charge in [0.25, 0.3) is 0 Å². The Hall–Kier alpha value is -2.05. The molecule has 0 amide bonds. The van der Waals surface area contributed by atoms with E-state index in [4.69, 9.17) is 22.6 Å². The Bertz CT molecular complexity index is 617. The van der Waals surface area contributed by atoms with Gasteiger partial charge in [-0.1, -0.05) is 11.6 Å². The van der Waals surface area contributed by atoms with E-state index in [-0.39, 0.29) is 5.56 Å². The molecule has 0 aromatic heterocycles. The van der Waals surface area contributed by atoms with Gasteiger partial charge in [-0.05, 0) is 42.0 Å². The normalized spacial score (nSPS) is 9.94. The number of nitrogen functional groups attached to an aromatic ring is 1. The van der Waals surface area contributed by atoms with E-state index in [0.29, 0.717) is 21.8 Å². The summed E-state index contributed by atoms with van der Waals surface area (Å²) in [6.45, 7) is 0. The monoisotopic (exact) mass is 246 g/mol. The Kier molecular flexibility index (Phi) is 2.99. The molecule has 2 aromatic carbocycles. The van der Waals surface area contributed by atoms with Crippen molar-refractivity contribution in [2.45, 2.75) is 0 Å². The predicted molar refractivity (Wildman–Crippen MR) is 66.0 cm³/mol. The molecule has 0 aliphatic heterocycles. The molecule has 0 radical (unpaired) electrons. The van der Waals surface area contributed by atoms with Gasteiger partial charge in [-0.25, -0.2) is 4.39 Å². The van der Waals surface area contributed by atoms with Gasteiger partial charge in [0.05, 0.1) is 11.6 Å². The van der Waals surface area contributed by atoms with Gasteiger partial charge in [0, 0.05) is 16.3 Å². The number of hydrogen-bond acceptors (Lipinski definition) is 2. The summed E-state index contributed by atoms with van der Waals surface area (Å²) < 4.78 is 13.3. The number of nitrogens with two attached hydrogens (primary N) is 1. The van der Waals surface area contributed by atoms with Crippen LogP contribution in [0.3, 0.4) is 0 Å². The summed E-state index contributed by atoms with van der Waals surface area (Å²) >= 11 is 5.87. The highest BCUT2D eigenvalue weighted by Gasteiger charge is 2.07. The lowest BCUT2D eigenvalue weighted by Crippen LogP contribution is -1.91. The summed E-state index contributed by atoms with van der Waals surface area (Å²) in [4.78, 5) is 0. The molecule has 0 fully saturated rings. The van der Waals surface area contributed by atoms with Gasteiger partial charge in [0.2, 0.25) is 0 Å². The zero-order valence-corrected chi connectivity index (χ0v) is 9.50. The maximum absolute atomic E-state index is 13.3. The maximum Gasteiger partial charge on any atom is 0.125 e. The summed E-state index contributed by atoms with van der Waals surface area (Å²) in [7, 11) is 0. The van der Waals surface area contributed by atoms with Crippen LogP contribution in [-0.4, -0.2) is 0 Å². The molecule has 0 bridgehead atoms. The van der Waals surface area contributed by atoms with Crippen LogP contribution in [0.5, 0.6) is 0 Å². The van der Waals surface area contributed by atoms with Crippen LogP contribution in [0.15, 0.2) is 36.4 Å². The molecule has 4 heteroatoms. The van der Waals surface area contributed by atoms with Gasteiger partial charge in [-0.2, -0.15) is 5.26 Å².